The third-order valence-corrected chi connectivity index (χ3v) is 3.41. The summed E-state index contributed by atoms with van der Waals surface area (Å²) in [5, 5.41) is 2.77. The number of aryl methyl sites for hydroxylation is 1. The molecule has 2 rings (SSSR count). The van der Waals surface area contributed by atoms with Gasteiger partial charge in [0.2, 0.25) is 0 Å². The Labute approximate surface area is 109 Å². The number of aromatic nitrogens is 3. The van der Waals surface area contributed by atoms with Crippen LogP contribution in [-0.2, 0) is 22.5 Å². The van der Waals surface area contributed by atoms with E-state index in [4.69, 9.17) is 0 Å². The maximum Gasteiger partial charge on any atom is 0.311 e. The maximum atomic E-state index is 11.2. The van der Waals surface area contributed by atoms with Crippen molar-refractivity contribution >= 4 is 17.3 Å². The average Bonchev–Trinajstić information content (AvgIpc) is 2.98. The fourth-order valence-corrected chi connectivity index (χ4v) is 2.49. The van der Waals surface area contributed by atoms with Gasteiger partial charge in [-0.1, -0.05) is 6.92 Å². The van der Waals surface area contributed by atoms with Crippen LogP contribution in [0.25, 0.3) is 10.7 Å². The molecule has 6 heteroatoms. The molecular formula is C12H15N3O2S. The van der Waals surface area contributed by atoms with Crippen molar-refractivity contribution in [2.45, 2.75) is 26.3 Å². The highest BCUT2D eigenvalue weighted by Crippen LogP contribution is 2.24. The van der Waals surface area contributed by atoms with Crippen molar-refractivity contribution in [2.75, 3.05) is 7.11 Å². The largest absolute Gasteiger partial charge is 0.469 e. The molecule has 0 unspecified atom stereocenters. The first-order chi connectivity index (χ1) is 8.74. The van der Waals surface area contributed by atoms with Gasteiger partial charge in [0.25, 0.3) is 0 Å². The number of ether oxygens (including phenoxy) is 1. The monoisotopic (exact) mass is 265 g/mol. The lowest BCUT2D eigenvalue weighted by atomic mass is 10.3. The van der Waals surface area contributed by atoms with Crippen LogP contribution in [0.4, 0.5) is 0 Å². The summed E-state index contributed by atoms with van der Waals surface area (Å²) < 4.78 is 6.69. The zero-order valence-corrected chi connectivity index (χ0v) is 11.2. The predicted octanol–water partition coefficient (Wildman–Crippen LogP) is 2.13. The predicted molar refractivity (Wildman–Crippen MR) is 69.3 cm³/mol. The van der Waals surface area contributed by atoms with E-state index in [2.05, 4.69) is 26.2 Å². The number of carbonyl (C=O) groups excluding carboxylic acids is 1. The van der Waals surface area contributed by atoms with Crippen molar-refractivity contribution < 1.29 is 9.53 Å². The van der Waals surface area contributed by atoms with E-state index < -0.39 is 0 Å². The van der Waals surface area contributed by atoms with Gasteiger partial charge < -0.3 is 9.30 Å². The van der Waals surface area contributed by atoms with E-state index in [9.17, 15) is 4.79 Å². The molecule has 0 radical (unpaired) electrons. The lowest BCUT2D eigenvalue weighted by Crippen LogP contribution is -2.04. The highest BCUT2D eigenvalue weighted by Gasteiger charge is 2.11. The molecule has 2 aromatic rings. The number of imidazole rings is 1. The first-order valence-corrected chi connectivity index (χ1v) is 6.64. The number of hydrogen-bond acceptors (Lipinski definition) is 5. The normalized spacial score (nSPS) is 10.6. The third kappa shape index (κ3) is 2.76. The van der Waals surface area contributed by atoms with Gasteiger partial charge in [-0.3, -0.25) is 4.79 Å². The van der Waals surface area contributed by atoms with Crippen molar-refractivity contribution in [3.8, 4) is 10.7 Å². The number of methoxy groups -OCH3 is 1. The van der Waals surface area contributed by atoms with Crippen LogP contribution in [0.3, 0.4) is 0 Å². The molecule has 0 bridgehead atoms. The van der Waals surface area contributed by atoms with Crippen molar-refractivity contribution in [1.29, 1.82) is 0 Å². The maximum absolute atomic E-state index is 11.2. The number of carbonyl (C=O) groups is 1. The molecule has 0 atom stereocenters. The molecule has 96 valence electrons. The summed E-state index contributed by atoms with van der Waals surface area (Å²) in [6.07, 6.45) is 4.87. The third-order valence-electron chi connectivity index (χ3n) is 2.50. The molecular weight excluding hydrogens is 250 g/mol. The van der Waals surface area contributed by atoms with E-state index in [1.165, 1.54) is 18.4 Å². The molecule has 0 aromatic carbocycles. The topological polar surface area (TPSA) is 57.0 Å². The summed E-state index contributed by atoms with van der Waals surface area (Å²) >= 11 is 1.52. The van der Waals surface area contributed by atoms with Gasteiger partial charge >= 0.3 is 5.97 Å². The molecule has 0 aliphatic heterocycles. The molecule has 0 saturated heterocycles. The number of esters is 1. The second-order valence-corrected chi connectivity index (χ2v) is 4.73. The molecule has 2 heterocycles. The Morgan fingerprint density at radius 3 is 3.11 bits per heavy atom. The molecule has 0 aliphatic rings. The smallest absolute Gasteiger partial charge is 0.311 e. The van der Waals surface area contributed by atoms with Crippen molar-refractivity contribution in [2.24, 2.45) is 0 Å². The van der Waals surface area contributed by atoms with Crippen molar-refractivity contribution in [3.63, 3.8) is 0 Å². The van der Waals surface area contributed by atoms with Gasteiger partial charge in [0.05, 0.1) is 37.4 Å². The molecule has 0 aliphatic carbocycles. The molecule has 2 aromatic heterocycles. The second kappa shape index (κ2) is 5.77. The average molecular weight is 265 g/mol. The van der Waals surface area contributed by atoms with Crippen LogP contribution in [0.15, 0.2) is 17.9 Å². The molecule has 0 saturated carbocycles. The van der Waals surface area contributed by atoms with Crippen LogP contribution >= 0.6 is 11.3 Å². The second-order valence-electron chi connectivity index (χ2n) is 3.87. The highest BCUT2D eigenvalue weighted by molar-refractivity contribution is 7.13. The molecule has 0 fully saturated rings. The number of hydrogen-bond donors (Lipinski definition) is 0. The van der Waals surface area contributed by atoms with E-state index in [1.54, 1.807) is 12.5 Å². The number of thiazole rings is 1. The molecule has 0 spiro atoms. The van der Waals surface area contributed by atoms with Crippen molar-refractivity contribution in [1.82, 2.24) is 14.5 Å². The zero-order chi connectivity index (χ0) is 13.0. The first kappa shape index (κ1) is 12.8. The molecule has 18 heavy (non-hydrogen) atoms. The van der Waals surface area contributed by atoms with Crippen molar-refractivity contribution in [3.05, 3.63) is 23.6 Å². The van der Waals surface area contributed by atoms with Gasteiger partial charge in [-0.15, -0.1) is 11.3 Å². The van der Waals surface area contributed by atoms with Gasteiger partial charge in [0, 0.05) is 11.9 Å². The summed E-state index contributed by atoms with van der Waals surface area (Å²) in [6.45, 7) is 3.04. The minimum Gasteiger partial charge on any atom is -0.469 e. The van der Waals surface area contributed by atoms with Crippen LogP contribution in [0.1, 0.15) is 19.0 Å². The molecule has 5 nitrogen and oxygen atoms in total. The Hall–Kier alpha value is -1.69. The van der Waals surface area contributed by atoms with Crippen LogP contribution in [0.5, 0.6) is 0 Å². The molecule has 0 amide bonds. The van der Waals surface area contributed by atoms with Gasteiger partial charge in [0.1, 0.15) is 5.01 Å². The number of nitrogens with zero attached hydrogens (tertiary/aromatic N) is 3. The van der Waals surface area contributed by atoms with E-state index in [0.29, 0.717) is 0 Å². The van der Waals surface area contributed by atoms with Crippen LogP contribution < -0.4 is 0 Å². The fourth-order valence-electron chi connectivity index (χ4n) is 1.64. The first-order valence-electron chi connectivity index (χ1n) is 5.76. The van der Waals surface area contributed by atoms with Gasteiger partial charge in [-0.25, -0.2) is 9.97 Å². The lowest BCUT2D eigenvalue weighted by Gasteiger charge is -2.02. The Bertz CT molecular complexity index is 533. The van der Waals surface area contributed by atoms with E-state index >= 15 is 0 Å². The Morgan fingerprint density at radius 2 is 2.39 bits per heavy atom. The van der Waals surface area contributed by atoms with Crippen LogP contribution in [0, 0.1) is 0 Å². The summed E-state index contributed by atoms with van der Waals surface area (Å²) in [4.78, 5) is 19.8. The lowest BCUT2D eigenvalue weighted by molar-refractivity contribution is -0.139. The SMILES string of the molecule is CCCn1cncc1-c1nc(CC(=O)OC)cs1. The van der Waals surface area contributed by atoms with Crippen LogP contribution in [-0.4, -0.2) is 27.6 Å². The van der Waals surface area contributed by atoms with Gasteiger partial charge in [-0.2, -0.15) is 0 Å². The van der Waals surface area contributed by atoms with E-state index in [0.717, 1.165) is 29.4 Å². The Balaban J connectivity index is 2.18. The van der Waals surface area contributed by atoms with Crippen LogP contribution in [0.2, 0.25) is 0 Å². The Kier molecular flexibility index (Phi) is 4.09. The van der Waals surface area contributed by atoms with E-state index in [-0.39, 0.29) is 12.4 Å². The van der Waals surface area contributed by atoms with E-state index in [1.807, 2.05) is 5.38 Å². The summed E-state index contributed by atoms with van der Waals surface area (Å²) in [5.41, 5.74) is 1.74. The highest BCUT2D eigenvalue weighted by atomic mass is 32.1. The summed E-state index contributed by atoms with van der Waals surface area (Å²) in [5.74, 6) is -0.270. The minimum absolute atomic E-state index is 0.217. The Morgan fingerprint density at radius 1 is 1.56 bits per heavy atom. The summed E-state index contributed by atoms with van der Waals surface area (Å²) in [6, 6.07) is 0. The number of rotatable bonds is 5. The minimum atomic E-state index is -0.270. The fraction of sp³-hybridized carbons (Fsp3) is 0.417. The standard InChI is InChI=1S/C12H15N3O2S/c1-3-4-15-8-13-6-10(15)12-14-9(7-18-12)5-11(16)17-2/h6-8H,3-5H2,1-2H3. The molecule has 0 N–H and O–H groups in total. The zero-order valence-electron chi connectivity index (χ0n) is 10.4. The quantitative estimate of drug-likeness (QED) is 0.777. The van der Waals surface area contributed by atoms with Gasteiger partial charge in [-0.05, 0) is 6.42 Å². The van der Waals surface area contributed by atoms with Gasteiger partial charge in [0.15, 0.2) is 0 Å². The summed E-state index contributed by atoms with van der Waals surface area (Å²) in [7, 11) is 1.38.